The molecular weight excluding hydrogens is 565 g/mol. The fraction of sp³-hybridized carbons (Fsp3) is 0.258. The van der Waals surface area contributed by atoms with Crippen LogP contribution in [0.3, 0.4) is 0 Å². The van der Waals surface area contributed by atoms with Gasteiger partial charge in [0.2, 0.25) is 0 Å². The zero-order chi connectivity index (χ0) is 28.4. The molecular formula is C31H27Cl2N3O3S. The van der Waals surface area contributed by atoms with Gasteiger partial charge in [0.15, 0.2) is 0 Å². The number of ether oxygens (including phenoxy) is 1. The number of carbonyl (C=O) groups excluding carboxylic acids is 2. The molecule has 2 aromatic carbocycles. The number of hydrogen-bond acceptors (Lipinski definition) is 5. The van der Waals surface area contributed by atoms with Crippen molar-refractivity contribution in [3.05, 3.63) is 90.9 Å². The number of para-hydroxylation sites is 1. The lowest BCUT2D eigenvalue weighted by molar-refractivity contribution is -0.112. The lowest BCUT2D eigenvalue weighted by atomic mass is 9.95. The first-order valence-electron chi connectivity index (χ1n) is 13.1. The van der Waals surface area contributed by atoms with Gasteiger partial charge < -0.3 is 14.6 Å². The number of aromatic nitrogens is 1. The standard InChI is InChI=1S/C31H27Cl2N3O3S/c1-3-39-31(38)28-23-9-5-7-11-27(23)40-30(28)35-29(37)20(16-34)14-24-18(2)36(26-10-6-4-8-22(24)26)17-19-12-13-21(32)15-25(19)33/h4,6,8,10,12-15H,3,5,7,9,11,17H2,1-2H3,(H,35,37)/b20-14+. The molecule has 40 heavy (non-hydrogen) atoms. The maximum absolute atomic E-state index is 13.4. The van der Waals surface area contributed by atoms with E-state index in [1.165, 1.54) is 11.3 Å². The number of nitrogens with zero attached hydrogens (tertiary/aromatic N) is 2. The van der Waals surface area contributed by atoms with Crippen LogP contribution in [0.1, 0.15) is 57.4 Å². The van der Waals surface area contributed by atoms with Crippen molar-refractivity contribution in [2.24, 2.45) is 0 Å². The number of halogens is 2. The fourth-order valence-electron chi connectivity index (χ4n) is 5.20. The van der Waals surface area contributed by atoms with E-state index in [1.807, 2.05) is 37.3 Å². The number of amides is 1. The van der Waals surface area contributed by atoms with Gasteiger partial charge in [-0.1, -0.05) is 47.5 Å². The Labute approximate surface area is 246 Å². The van der Waals surface area contributed by atoms with E-state index in [-0.39, 0.29) is 12.2 Å². The molecule has 0 fully saturated rings. The molecule has 204 valence electrons. The van der Waals surface area contributed by atoms with Gasteiger partial charge in [0.25, 0.3) is 5.91 Å². The topological polar surface area (TPSA) is 84.1 Å². The second-order valence-electron chi connectivity index (χ2n) is 9.60. The van der Waals surface area contributed by atoms with E-state index in [0.29, 0.717) is 27.2 Å². The summed E-state index contributed by atoms with van der Waals surface area (Å²) >= 11 is 14.0. The molecule has 0 spiro atoms. The van der Waals surface area contributed by atoms with Crippen LogP contribution < -0.4 is 5.32 Å². The summed E-state index contributed by atoms with van der Waals surface area (Å²) in [5, 5.41) is 15.4. The summed E-state index contributed by atoms with van der Waals surface area (Å²) in [7, 11) is 0. The average Bonchev–Trinajstić information content (AvgIpc) is 3.43. The van der Waals surface area contributed by atoms with Gasteiger partial charge in [0, 0.05) is 43.6 Å². The molecule has 1 aliphatic rings. The Balaban J connectivity index is 1.52. The van der Waals surface area contributed by atoms with E-state index >= 15 is 0 Å². The summed E-state index contributed by atoms with van der Waals surface area (Å²) in [6.45, 7) is 4.44. The van der Waals surface area contributed by atoms with Gasteiger partial charge >= 0.3 is 5.97 Å². The highest BCUT2D eigenvalue weighted by molar-refractivity contribution is 7.17. The predicted octanol–water partition coefficient (Wildman–Crippen LogP) is 7.97. The number of fused-ring (bicyclic) bond motifs is 2. The minimum atomic E-state index is -0.566. The van der Waals surface area contributed by atoms with Crippen LogP contribution in [0.25, 0.3) is 17.0 Å². The number of carbonyl (C=O) groups is 2. The third-order valence-electron chi connectivity index (χ3n) is 7.15. The zero-order valence-electron chi connectivity index (χ0n) is 22.1. The van der Waals surface area contributed by atoms with Gasteiger partial charge in [-0.05, 0) is 74.9 Å². The summed E-state index contributed by atoms with van der Waals surface area (Å²) in [5.41, 5.74) is 4.81. The maximum Gasteiger partial charge on any atom is 0.341 e. The average molecular weight is 593 g/mol. The molecule has 0 radical (unpaired) electrons. The van der Waals surface area contributed by atoms with E-state index in [9.17, 15) is 14.9 Å². The number of nitrogens with one attached hydrogen (secondary N) is 1. The number of rotatable bonds is 7. The molecule has 0 saturated carbocycles. The third kappa shape index (κ3) is 5.40. The normalized spacial score (nSPS) is 13.1. The predicted molar refractivity (Wildman–Crippen MR) is 161 cm³/mol. The minimum Gasteiger partial charge on any atom is -0.462 e. The van der Waals surface area contributed by atoms with E-state index in [1.54, 1.807) is 25.1 Å². The van der Waals surface area contributed by atoms with Crippen molar-refractivity contribution in [1.82, 2.24) is 4.57 Å². The van der Waals surface area contributed by atoms with Crippen molar-refractivity contribution in [2.45, 2.75) is 46.1 Å². The Morgan fingerprint density at radius 1 is 1.18 bits per heavy atom. The molecule has 1 N–H and O–H groups in total. The summed E-state index contributed by atoms with van der Waals surface area (Å²) in [5.74, 6) is -1.01. The Kier molecular flexibility index (Phi) is 8.32. The number of anilines is 1. The molecule has 0 bridgehead atoms. The van der Waals surface area contributed by atoms with Crippen LogP contribution in [-0.4, -0.2) is 23.1 Å². The van der Waals surface area contributed by atoms with Gasteiger partial charge in [-0.25, -0.2) is 4.79 Å². The van der Waals surface area contributed by atoms with Crippen LogP contribution in [0.15, 0.2) is 48.0 Å². The van der Waals surface area contributed by atoms with Crippen molar-refractivity contribution in [2.75, 3.05) is 11.9 Å². The second kappa shape index (κ2) is 11.9. The van der Waals surface area contributed by atoms with E-state index in [2.05, 4.69) is 16.0 Å². The van der Waals surface area contributed by atoms with Crippen LogP contribution in [0.2, 0.25) is 10.0 Å². The lowest BCUT2D eigenvalue weighted by Crippen LogP contribution is -2.16. The lowest BCUT2D eigenvalue weighted by Gasteiger charge is -2.12. The molecule has 2 aromatic heterocycles. The minimum absolute atomic E-state index is 0.0586. The van der Waals surface area contributed by atoms with Crippen LogP contribution in [0.4, 0.5) is 5.00 Å². The Morgan fingerprint density at radius 3 is 2.70 bits per heavy atom. The Morgan fingerprint density at radius 2 is 1.95 bits per heavy atom. The molecule has 0 saturated heterocycles. The van der Waals surface area contributed by atoms with Crippen molar-refractivity contribution in [3.8, 4) is 6.07 Å². The molecule has 6 nitrogen and oxygen atoms in total. The van der Waals surface area contributed by atoms with Gasteiger partial charge in [-0.2, -0.15) is 5.26 Å². The first-order chi connectivity index (χ1) is 19.3. The molecule has 2 heterocycles. The van der Waals surface area contributed by atoms with E-state index in [0.717, 1.165) is 63.8 Å². The Bertz CT molecular complexity index is 1710. The fourth-order valence-corrected chi connectivity index (χ4v) is 6.94. The number of esters is 1. The number of nitriles is 1. The van der Waals surface area contributed by atoms with Crippen molar-refractivity contribution in [1.29, 1.82) is 5.26 Å². The summed E-state index contributed by atoms with van der Waals surface area (Å²) in [6, 6.07) is 15.3. The molecule has 9 heteroatoms. The van der Waals surface area contributed by atoms with Crippen molar-refractivity contribution in [3.63, 3.8) is 0 Å². The van der Waals surface area contributed by atoms with Crippen molar-refractivity contribution >= 4 is 68.4 Å². The quantitative estimate of drug-likeness (QED) is 0.134. The van der Waals surface area contributed by atoms with Crippen LogP contribution in [0, 0.1) is 18.3 Å². The summed E-state index contributed by atoms with van der Waals surface area (Å²) in [6.07, 6.45) is 5.27. The molecule has 1 amide bonds. The van der Waals surface area contributed by atoms with E-state index < -0.39 is 11.9 Å². The smallest absolute Gasteiger partial charge is 0.341 e. The van der Waals surface area contributed by atoms with Gasteiger partial charge in [-0.3, -0.25) is 4.79 Å². The van der Waals surface area contributed by atoms with Gasteiger partial charge in [-0.15, -0.1) is 11.3 Å². The highest BCUT2D eigenvalue weighted by Gasteiger charge is 2.28. The van der Waals surface area contributed by atoms with Crippen molar-refractivity contribution < 1.29 is 14.3 Å². The second-order valence-corrected chi connectivity index (χ2v) is 11.5. The van der Waals surface area contributed by atoms with E-state index in [4.69, 9.17) is 27.9 Å². The van der Waals surface area contributed by atoms with Gasteiger partial charge in [0.1, 0.15) is 16.6 Å². The van der Waals surface area contributed by atoms with Crippen LogP contribution in [-0.2, 0) is 28.9 Å². The number of hydrogen-bond donors (Lipinski definition) is 1. The number of benzene rings is 2. The highest BCUT2D eigenvalue weighted by Crippen LogP contribution is 2.39. The molecule has 0 unspecified atom stereocenters. The largest absolute Gasteiger partial charge is 0.462 e. The monoisotopic (exact) mass is 591 g/mol. The zero-order valence-corrected chi connectivity index (χ0v) is 24.5. The third-order valence-corrected chi connectivity index (χ3v) is 8.95. The van der Waals surface area contributed by atoms with Gasteiger partial charge in [0.05, 0.1) is 12.2 Å². The molecule has 4 aromatic rings. The molecule has 0 atom stereocenters. The molecule has 1 aliphatic carbocycles. The number of thiophene rings is 1. The molecule has 0 aliphatic heterocycles. The Hall–Kier alpha value is -3.57. The summed E-state index contributed by atoms with van der Waals surface area (Å²) in [4.78, 5) is 27.4. The first kappa shape index (κ1) is 28.0. The first-order valence-corrected chi connectivity index (χ1v) is 14.7. The van der Waals surface area contributed by atoms with Crippen LogP contribution >= 0.6 is 34.5 Å². The summed E-state index contributed by atoms with van der Waals surface area (Å²) < 4.78 is 7.41. The number of aryl methyl sites for hydroxylation is 1. The maximum atomic E-state index is 13.4. The highest BCUT2D eigenvalue weighted by atomic mass is 35.5. The van der Waals surface area contributed by atoms with Crippen LogP contribution in [0.5, 0.6) is 0 Å². The SMILES string of the molecule is CCOC(=O)c1c(NC(=O)/C(C#N)=C/c2c(C)n(Cc3ccc(Cl)cc3Cl)c3ccccc23)sc2c1CCCC2. The molecule has 5 rings (SSSR count).